The van der Waals surface area contributed by atoms with Crippen LogP contribution in [0.4, 0.5) is 5.69 Å². The highest BCUT2D eigenvalue weighted by Crippen LogP contribution is 2.36. The number of anilines is 1. The van der Waals surface area contributed by atoms with Crippen molar-refractivity contribution in [2.45, 2.75) is 0 Å². The number of amides is 1. The second-order valence-corrected chi connectivity index (χ2v) is 8.21. The van der Waals surface area contributed by atoms with E-state index in [4.69, 9.17) is 27.6 Å². The number of para-hydroxylation sites is 2. The third-order valence-electron chi connectivity index (χ3n) is 4.49. The molecule has 0 spiro atoms. The maximum Gasteiger partial charge on any atom is 0.267 e. The molecule has 0 atom stereocenters. The zero-order chi connectivity index (χ0) is 20.0. The van der Waals surface area contributed by atoms with Crippen molar-refractivity contribution < 1.29 is 9.21 Å². The van der Waals surface area contributed by atoms with Gasteiger partial charge in [-0.1, -0.05) is 53.5 Å². The summed E-state index contributed by atoms with van der Waals surface area (Å²) >= 11 is 14.1. The van der Waals surface area contributed by atoms with Crippen LogP contribution in [0, 0.1) is 0 Å². The van der Waals surface area contributed by atoms with Crippen LogP contribution in [0.5, 0.6) is 0 Å². The van der Waals surface area contributed by atoms with Crippen LogP contribution < -0.4 is 5.32 Å². The van der Waals surface area contributed by atoms with Gasteiger partial charge in [0.15, 0.2) is 5.58 Å². The van der Waals surface area contributed by atoms with Crippen molar-refractivity contribution >= 4 is 67.3 Å². The topological polar surface area (TPSA) is 55.1 Å². The fourth-order valence-corrected chi connectivity index (χ4v) is 4.71. The first kappa shape index (κ1) is 18.2. The molecule has 3 aromatic carbocycles. The maximum atomic E-state index is 12.8. The SMILES string of the molecule is O=C(Nc1ccc(Cl)c(-c2nc3ccccc3o2)c1)c1sc2ccccc2c1Cl. The van der Waals surface area contributed by atoms with Crippen LogP contribution >= 0.6 is 34.5 Å². The van der Waals surface area contributed by atoms with Crippen LogP contribution in [0.3, 0.4) is 0 Å². The van der Waals surface area contributed by atoms with Crippen LogP contribution in [0.2, 0.25) is 10.0 Å². The van der Waals surface area contributed by atoms with Crippen molar-refractivity contribution in [1.82, 2.24) is 4.98 Å². The average molecular weight is 439 g/mol. The average Bonchev–Trinajstić information content (AvgIpc) is 3.31. The first-order valence-electron chi connectivity index (χ1n) is 8.74. The van der Waals surface area contributed by atoms with Crippen LogP contribution in [-0.4, -0.2) is 10.9 Å². The molecular weight excluding hydrogens is 427 g/mol. The first-order chi connectivity index (χ1) is 14.1. The summed E-state index contributed by atoms with van der Waals surface area (Å²) in [7, 11) is 0. The standard InChI is InChI=1S/C22H12Cl2N2O2S/c23-15-10-9-12(11-14(15)22-26-16-6-2-3-7-17(16)28-22)25-21(27)20-19(24)13-5-1-4-8-18(13)29-20/h1-11H,(H,25,27). The molecule has 0 unspecified atom stereocenters. The molecule has 0 bridgehead atoms. The van der Waals surface area contributed by atoms with E-state index >= 15 is 0 Å². The van der Waals surface area contributed by atoms with Crippen LogP contribution in [0.25, 0.3) is 32.6 Å². The molecule has 1 amide bonds. The molecule has 5 aromatic rings. The van der Waals surface area contributed by atoms with Crippen molar-refractivity contribution in [2.24, 2.45) is 0 Å². The number of benzene rings is 3. The van der Waals surface area contributed by atoms with Gasteiger partial charge < -0.3 is 9.73 Å². The molecule has 0 aliphatic carbocycles. The molecular formula is C22H12Cl2N2O2S. The van der Waals surface area contributed by atoms with Crippen molar-refractivity contribution in [2.75, 3.05) is 5.32 Å². The zero-order valence-electron chi connectivity index (χ0n) is 14.8. The van der Waals surface area contributed by atoms with Crippen molar-refractivity contribution in [3.8, 4) is 11.5 Å². The molecule has 29 heavy (non-hydrogen) atoms. The fraction of sp³-hybridized carbons (Fsp3) is 0. The summed E-state index contributed by atoms with van der Waals surface area (Å²) in [5, 5.41) is 4.69. The van der Waals surface area contributed by atoms with Crippen LogP contribution in [-0.2, 0) is 0 Å². The largest absolute Gasteiger partial charge is 0.436 e. The highest BCUT2D eigenvalue weighted by atomic mass is 35.5. The Balaban J connectivity index is 1.49. The third-order valence-corrected chi connectivity index (χ3v) is 6.49. The molecule has 2 aromatic heterocycles. The lowest BCUT2D eigenvalue weighted by Gasteiger charge is -2.07. The van der Waals surface area contributed by atoms with Crippen LogP contribution in [0.15, 0.2) is 71.1 Å². The Morgan fingerprint density at radius 3 is 2.62 bits per heavy atom. The monoisotopic (exact) mass is 438 g/mol. The number of hydrogen-bond acceptors (Lipinski definition) is 4. The van der Waals surface area contributed by atoms with Gasteiger partial charge in [0.2, 0.25) is 5.89 Å². The van der Waals surface area contributed by atoms with E-state index in [9.17, 15) is 4.79 Å². The minimum Gasteiger partial charge on any atom is -0.436 e. The van der Waals surface area contributed by atoms with E-state index < -0.39 is 0 Å². The van der Waals surface area contributed by atoms with Gasteiger partial charge in [0.1, 0.15) is 10.4 Å². The molecule has 142 valence electrons. The van der Waals surface area contributed by atoms with Gasteiger partial charge in [-0.25, -0.2) is 4.98 Å². The molecule has 0 radical (unpaired) electrons. The minimum atomic E-state index is -0.276. The molecule has 0 saturated heterocycles. The van der Waals surface area contributed by atoms with Crippen molar-refractivity contribution in [1.29, 1.82) is 0 Å². The second kappa shape index (κ2) is 7.19. The number of thiophene rings is 1. The van der Waals surface area contributed by atoms with E-state index in [-0.39, 0.29) is 5.91 Å². The number of aromatic nitrogens is 1. The molecule has 7 heteroatoms. The maximum absolute atomic E-state index is 12.8. The smallest absolute Gasteiger partial charge is 0.267 e. The van der Waals surface area contributed by atoms with E-state index in [1.165, 1.54) is 11.3 Å². The van der Waals surface area contributed by atoms with E-state index in [2.05, 4.69) is 10.3 Å². The molecule has 0 aliphatic heterocycles. The number of oxazole rings is 1. The molecule has 1 N–H and O–H groups in total. The van der Waals surface area contributed by atoms with Crippen molar-refractivity contribution in [3.05, 3.63) is 81.7 Å². The number of nitrogens with one attached hydrogen (secondary N) is 1. The molecule has 0 aliphatic rings. The highest BCUT2D eigenvalue weighted by molar-refractivity contribution is 7.21. The van der Waals surface area contributed by atoms with Gasteiger partial charge in [0.05, 0.1) is 15.6 Å². The Hall–Kier alpha value is -2.86. The van der Waals surface area contributed by atoms with Gasteiger partial charge in [-0.3, -0.25) is 4.79 Å². The number of carbonyl (C=O) groups is 1. The van der Waals surface area contributed by atoms with Gasteiger partial charge in [0, 0.05) is 15.8 Å². The summed E-state index contributed by atoms with van der Waals surface area (Å²) in [4.78, 5) is 17.8. The molecule has 2 heterocycles. The Morgan fingerprint density at radius 1 is 1.00 bits per heavy atom. The lowest BCUT2D eigenvalue weighted by atomic mass is 10.2. The van der Waals surface area contributed by atoms with Crippen LogP contribution in [0.1, 0.15) is 9.67 Å². The molecule has 5 rings (SSSR count). The summed E-state index contributed by atoms with van der Waals surface area (Å²) in [6.07, 6.45) is 0. The molecule has 4 nitrogen and oxygen atoms in total. The summed E-state index contributed by atoms with van der Waals surface area (Å²) < 4.78 is 6.78. The zero-order valence-corrected chi connectivity index (χ0v) is 17.1. The normalized spacial score (nSPS) is 11.2. The molecule has 0 saturated carbocycles. The summed E-state index contributed by atoms with van der Waals surface area (Å²) in [6.45, 7) is 0. The Labute approximate surface area is 179 Å². The van der Waals surface area contributed by atoms with Crippen molar-refractivity contribution in [3.63, 3.8) is 0 Å². The summed E-state index contributed by atoms with van der Waals surface area (Å²) in [6, 6.07) is 20.3. The van der Waals surface area contributed by atoms with Gasteiger partial charge in [0.25, 0.3) is 5.91 Å². The van der Waals surface area contributed by atoms with E-state index in [1.54, 1.807) is 18.2 Å². The minimum absolute atomic E-state index is 0.276. The van der Waals surface area contributed by atoms with Gasteiger partial charge in [-0.15, -0.1) is 11.3 Å². The number of hydrogen-bond donors (Lipinski definition) is 1. The Kier molecular flexibility index (Phi) is 4.51. The van der Waals surface area contributed by atoms with E-state index in [1.807, 2.05) is 48.5 Å². The Bertz CT molecular complexity index is 1360. The van der Waals surface area contributed by atoms with E-state index in [0.717, 1.165) is 15.6 Å². The predicted octanol–water partition coefficient (Wildman–Crippen LogP) is 7.27. The number of fused-ring (bicyclic) bond motifs is 2. The lowest BCUT2D eigenvalue weighted by Crippen LogP contribution is -2.10. The summed E-state index contributed by atoms with van der Waals surface area (Å²) in [5.41, 5.74) is 2.59. The van der Waals surface area contributed by atoms with Gasteiger partial charge in [-0.2, -0.15) is 0 Å². The van der Waals surface area contributed by atoms with Gasteiger partial charge in [-0.05, 0) is 36.4 Å². The lowest BCUT2D eigenvalue weighted by molar-refractivity contribution is 0.103. The number of nitrogens with zero attached hydrogens (tertiary/aromatic N) is 1. The Morgan fingerprint density at radius 2 is 1.79 bits per heavy atom. The number of carbonyl (C=O) groups excluding carboxylic acids is 1. The van der Waals surface area contributed by atoms with E-state index in [0.29, 0.717) is 37.6 Å². The molecule has 0 fully saturated rings. The third kappa shape index (κ3) is 3.27. The highest BCUT2D eigenvalue weighted by Gasteiger charge is 2.18. The second-order valence-electron chi connectivity index (χ2n) is 6.38. The fourth-order valence-electron chi connectivity index (χ4n) is 3.10. The predicted molar refractivity (Wildman–Crippen MR) is 119 cm³/mol. The number of rotatable bonds is 3. The number of halogens is 2. The first-order valence-corrected chi connectivity index (χ1v) is 10.3. The quantitative estimate of drug-likeness (QED) is 0.322. The van der Waals surface area contributed by atoms with Gasteiger partial charge >= 0.3 is 0 Å². The summed E-state index contributed by atoms with van der Waals surface area (Å²) in [5.74, 6) is 0.120.